The molecule has 0 heterocycles. The summed E-state index contributed by atoms with van der Waals surface area (Å²) in [6.45, 7) is 7.71. The number of nitrogens with zero attached hydrogens (tertiary/aromatic N) is 1. The minimum Gasteiger partial charge on any atom is -0.314 e. The van der Waals surface area contributed by atoms with Gasteiger partial charge in [-0.05, 0) is 31.7 Å². The van der Waals surface area contributed by atoms with Crippen LogP contribution in [0.5, 0.6) is 0 Å². The van der Waals surface area contributed by atoms with Gasteiger partial charge in [-0.1, -0.05) is 27.2 Å². The molecule has 0 amide bonds. The molecule has 2 unspecified atom stereocenters. The first kappa shape index (κ1) is 16.9. The maximum atomic E-state index is 12.1. The van der Waals surface area contributed by atoms with E-state index in [1.807, 2.05) is 0 Å². The normalized spacial score (nSPS) is 23.3. The third-order valence-corrected chi connectivity index (χ3v) is 5.10. The Bertz CT molecular complexity index is 357. The second kappa shape index (κ2) is 7.57. The molecule has 1 aliphatic rings. The number of nitrogens with one attached hydrogen (secondary N) is 2. The quantitative estimate of drug-likeness (QED) is 0.597. The van der Waals surface area contributed by atoms with Crippen LogP contribution in [-0.4, -0.2) is 44.9 Å². The summed E-state index contributed by atoms with van der Waals surface area (Å²) < 4.78 is 28.3. The third kappa shape index (κ3) is 6.21. The van der Waals surface area contributed by atoms with Crippen molar-refractivity contribution in [2.24, 2.45) is 5.92 Å². The molecule has 5 nitrogen and oxygen atoms in total. The van der Waals surface area contributed by atoms with Crippen LogP contribution in [0.15, 0.2) is 0 Å². The van der Waals surface area contributed by atoms with E-state index in [9.17, 15) is 8.42 Å². The van der Waals surface area contributed by atoms with Gasteiger partial charge in [0.15, 0.2) is 0 Å². The van der Waals surface area contributed by atoms with Crippen molar-refractivity contribution in [1.29, 1.82) is 0 Å². The lowest BCUT2D eigenvalue weighted by atomic mass is 10.2. The zero-order valence-electron chi connectivity index (χ0n) is 12.6. The van der Waals surface area contributed by atoms with Gasteiger partial charge in [0.25, 0.3) is 10.2 Å². The van der Waals surface area contributed by atoms with E-state index in [1.54, 1.807) is 7.05 Å². The van der Waals surface area contributed by atoms with E-state index in [0.29, 0.717) is 18.5 Å². The zero-order valence-corrected chi connectivity index (χ0v) is 13.5. The van der Waals surface area contributed by atoms with Gasteiger partial charge in [0, 0.05) is 25.7 Å². The van der Waals surface area contributed by atoms with Crippen LogP contribution in [0.1, 0.15) is 46.5 Å². The van der Waals surface area contributed by atoms with Gasteiger partial charge in [-0.2, -0.15) is 17.4 Å². The number of hydrogen-bond acceptors (Lipinski definition) is 3. The van der Waals surface area contributed by atoms with Crippen LogP contribution in [0.2, 0.25) is 0 Å². The summed E-state index contributed by atoms with van der Waals surface area (Å²) in [5, 5.41) is 3.29. The molecule has 0 saturated heterocycles. The van der Waals surface area contributed by atoms with Gasteiger partial charge >= 0.3 is 0 Å². The summed E-state index contributed by atoms with van der Waals surface area (Å²) in [5.41, 5.74) is 0. The lowest BCUT2D eigenvalue weighted by Gasteiger charge is -2.18. The first-order valence-corrected chi connectivity index (χ1v) is 8.77. The molecule has 1 fully saturated rings. The minimum atomic E-state index is -3.29. The Morgan fingerprint density at radius 2 is 2.05 bits per heavy atom. The first-order valence-electron chi connectivity index (χ1n) is 7.33. The summed E-state index contributed by atoms with van der Waals surface area (Å²) >= 11 is 0. The van der Waals surface area contributed by atoms with Crippen LogP contribution in [0, 0.1) is 5.92 Å². The molecule has 1 saturated carbocycles. The molecule has 0 aliphatic heterocycles. The highest BCUT2D eigenvalue weighted by Gasteiger charge is 2.39. The van der Waals surface area contributed by atoms with Gasteiger partial charge in [0.2, 0.25) is 0 Å². The Hall–Kier alpha value is -0.170. The molecule has 2 N–H and O–H groups in total. The van der Waals surface area contributed by atoms with E-state index < -0.39 is 10.2 Å². The number of hydrogen-bond donors (Lipinski definition) is 2. The molecule has 6 heteroatoms. The molecule has 2 atom stereocenters. The van der Waals surface area contributed by atoms with Crippen molar-refractivity contribution in [2.45, 2.75) is 58.5 Å². The average Bonchev–Trinajstić information content (AvgIpc) is 3.01. The van der Waals surface area contributed by atoms with Gasteiger partial charge < -0.3 is 5.32 Å². The molecule has 0 aromatic carbocycles. The lowest BCUT2D eigenvalue weighted by Crippen LogP contribution is -2.41. The molecule has 0 aromatic heterocycles. The highest BCUT2D eigenvalue weighted by molar-refractivity contribution is 7.87. The first-order chi connectivity index (χ1) is 8.86. The van der Waals surface area contributed by atoms with Gasteiger partial charge in [0.1, 0.15) is 0 Å². The highest BCUT2D eigenvalue weighted by atomic mass is 32.2. The molecule has 0 aromatic rings. The molecule has 0 bridgehead atoms. The molecule has 1 aliphatic carbocycles. The predicted molar refractivity (Wildman–Crippen MR) is 79.2 cm³/mol. The smallest absolute Gasteiger partial charge is 0.279 e. The van der Waals surface area contributed by atoms with Gasteiger partial charge in [-0.25, -0.2) is 0 Å². The second-order valence-corrected chi connectivity index (χ2v) is 7.61. The molecule has 0 spiro atoms. The minimum absolute atomic E-state index is 0.168. The second-order valence-electron chi connectivity index (χ2n) is 5.80. The Labute approximate surface area is 118 Å². The lowest BCUT2D eigenvalue weighted by molar-refractivity contribution is 0.437. The van der Waals surface area contributed by atoms with E-state index >= 15 is 0 Å². The maximum Gasteiger partial charge on any atom is 0.279 e. The average molecular weight is 291 g/mol. The molecular formula is C13H29N3O2S. The fourth-order valence-corrected chi connectivity index (χ4v) is 3.40. The standard InChI is InChI=1S/C13H29N3O2S/c1-5-7-12-10-13(12)15-19(17,18)16(4)9-6-8-14-11(2)3/h11-15H,5-10H2,1-4H3. The van der Waals surface area contributed by atoms with Crippen molar-refractivity contribution in [3.63, 3.8) is 0 Å². The molecule has 0 radical (unpaired) electrons. The Morgan fingerprint density at radius 1 is 1.37 bits per heavy atom. The monoisotopic (exact) mass is 291 g/mol. The van der Waals surface area contributed by atoms with E-state index in [-0.39, 0.29) is 6.04 Å². The number of rotatable bonds is 10. The molecule has 1 rings (SSSR count). The highest BCUT2D eigenvalue weighted by Crippen LogP contribution is 2.35. The largest absolute Gasteiger partial charge is 0.314 e. The summed E-state index contributed by atoms with van der Waals surface area (Å²) in [4.78, 5) is 0. The van der Waals surface area contributed by atoms with Crippen LogP contribution in [-0.2, 0) is 10.2 Å². The van der Waals surface area contributed by atoms with Crippen LogP contribution in [0.25, 0.3) is 0 Å². The van der Waals surface area contributed by atoms with E-state index in [1.165, 1.54) is 4.31 Å². The predicted octanol–water partition coefficient (Wildman–Crippen LogP) is 1.33. The topological polar surface area (TPSA) is 61.4 Å². The van der Waals surface area contributed by atoms with Crippen molar-refractivity contribution < 1.29 is 8.42 Å². The van der Waals surface area contributed by atoms with Crippen molar-refractivity contribution in [2.75, 3.05) is 20.1 Å². The van der Waals surface area contributed by atoms with Crippen LogP contribution in [0.4, 0.5) is 0 Å². The van der Waals surface area contributed by atoms with Crippen molar-refractivity contribution in [1.82, 2.24) is 14.3 Å². The molecular weight excluding hydrogens is 262 g/mol. The Morgan fingerprint density at radius 3 is 2.63 bits per heavy atom. The maximum absolute atomic E-state index is 12.1. The summed E-state index contributed by atoms with van der Waals surface area (Å²) in [6.07, 6.45) is 4.07. The van der Waals surface area contributed by atoms with Gasteiger partial charge in [-0.15, -0.1) is 0 Å². The summed E-state index contributed by atoms with van der Waals surface area (Å²) in [5.74, 6) is 0.552. The fourth-order valence-electron chi connectivity index (χ4n) is 2.18. The fraction of sp³-hybridized carbons (Fsp3) is 1.00. The van der Waals surface area contributed by atoms with Crippen molar-refractivity contribution in [3.05, 3.63) is 0 Å². The van der Waals surface area contributed by atoms with E-state index in [0.717, 1.165) is 32.2 Å². The Kier molecular flexibility index (Phi) is 6.73. The van der Waals surface area contributed by atoms with Gasteiger partial charge in [-0.3, -0.25) is 0 Å². The van der Waals surface area contributed by atoms with Crippen LogP contribution >= 0.6 is 0 Å². The zero-order chi connectivity index (χ0) is 14.5. The van der Waals surface area contributed by atoms with Crippen molar-refractivity contribution >= 4 is 10.2 Å². The van der Waals surface area contributed by atoms with Crippen LogP contribution < -0.4 is 10.0 Å². The summed E-state index contributed by atoms with van der Waals surface area (Å²) in [6, 6.07) is 0.613. The SMILES string of the molecule is CCCC1CC1NS(=O)(=O)N(C)CCCNC(C)C. The molecule has 19 heavy (non-hydrogen) atoms. The molecule has 114 valence electrons. The Balaban J connectivity index is 2.24. The van der Waals surface area contributed by atoms with E-state index in [2.05, 4.69) is 30.8 Å². The van der Waals surface area contributed by atoms with Gasteiger partial charge in [0.05, 0.1) is 0 Å². The third-order valence-electron chi connectivity index (χ3n) is 3.50. The summed E-state index contributed by atoms with van der Waals surface area (Å²) in [7, 11) is -1.65. The van der Waals surface area contributed by atoms with E-state index in [4.69, 9.17) is 0 Å². The van der Waals surface area contributed by atoms with Crippen LogP contribution in [0.3, 0.4) is 0 Å². The van der Waals surface area contributed by atoms with Crippen molar-refractivity contribution in [3.8, 4) is 0 Å².